The molecule has 2 aliphatic heterocycles. The fourth-order valence-electron chi connectivity index (χ4n) is 3.99. The van der Waals surface area contributed by atoms with Crippen LogP contribution >= 0.6 is 0 Å². The predicted octanol–water partition coefficient (Wildman–Crippen LogP) is 2.73. The number of piperazine rings is 1. The van der Waals surface area contributed by atoms with E-state index in [4.69, 9.17) is 0 Å². The van der Waals surface area contributed by atoms with E-state index in [0.717, 1.165) is 24.0 Å². The smallest absolute Gasteiger partial charge is 0.0224 e. The lowest BCUT2D eigenvalue weighted by Crippen LogP contribution is -2.58. The zero-order valence-corrected chi connectivity index (χ0v) is 11.6. The third-order valence-corrected chi connectivity index (χ3v) is 5.24. The van der Waals surface area contributed by atoms with Gasteiger partial charge in [0, 0.05) is 31.2 Å². The Labute approximate surface area is 106 Å². The van der Waals surface area contributed by atoms with Gasteiger partial charge in [-0.2, -0.15) is 0 Å². The summed E-state index contributed by atoms with van der Waals surface area (Å²) in [7, 11) is 0. The number of nitrogens with zero attached hydrogens (tertiary/aromatic N) is 2. The molecule has 3 fully saturated rings. The minimum absolute atomic E-state index is 0.829. The standard InChI is InChI=1S/C15H28N2/c1-3-14-10-16-8-4-5-15(16)11-17(14)12(2)9-13-6-7-13/h12-15H,3-11H2,1-2H3. The first-order chi connectivity index (χ1) is 8.28. The van der Waals surface area contributed by atoms with E-state index < -0.39 is 0 Å². The Morgan fingerprint density at radius 1 is 1.18 bits per heavy atom. The normalized spacial score (nSPS) is 37.1. The molecule has 0 spiro atoms. The molecule has 0 N–H and O–H groups in total. The molecule has 3 atom stereocenters. The summed E-state index contributed by atoms with van der Waals surface area (Å²) in [5.74, 6) is 1.07. The first-order valence-electron chi connectivity index (χ1n) is 7.77. The summed E-state index contributed by atoms with van der Waals surface area (Å²) < 4.78 is 0. The van der Waals surface area contributed by atoms with Crippen LogP contribution < -0.4 is 0 Å². The summed E-state index contributed by atoms with van der Waals surface area (Å²) >= 11 is 0. The predicted molar refractivity (Wildman–Crippen MR) is 72.2 cm³/mol. The average molecular weight is 236 g/mol. The average Bonchev–Trinajstić information content (AvgIpc) is 3.03. The Bertz CT molecular complexity index is 262. The molecule has 1 aliphatic carbocycles. The molecule has 0 aromatic rings. The van der Waals surface area contributed by atoms with Crippen LogP contribution in [0, 0.1) is 5.92 Å². The van der Waals surface area contributed by atoms with Gasteiger partial charge in [0.15, 0.2) is 0 Å². The molecule has 0 aromatic carbocycles. The second kappa shape index (κ2) is 4.89. The van der Waals surface area contributed by atoms with Gasteiger partial charge in [0.2, 0.25) is 0 Å². The van der Waals surface area contributed by atoms with Crippen LogP contribution in [0.3, 0.4) is 0 Å². The molecule has 3 unspecified atom stereocenters. The first-order valence-corrected chi connectivity index (χ1v) is 7.77. The van der Waals surface area contributed by atoms with Crippen molar-refractivity contribution in [2.24, 2.45) is 5.92 Å². The van der Waals surface area contributed by atoms with E-state index in [1.165, 1.54) is 58.2 Å². The van der Waals surface area contributed by atoms with Crippen molar-refractivity contribution in [3.05, 3.63) is 0 Å². The SMILES string of the molecule is CCC1CN2CCCC2CN1C(C)CC1CC1. The number of hydrogen-bond acceptors (Lipinski definition) is 2. The lowest BCUT2D eigenvalue weighted by Gasteiger charge is -2.46. The zero-order valence-electron chi connectivity index (χ0n) is 11.6. The highest BCUT2D eigenvalue weighted by molar-refractivity contribution is 4.94. The molecule has 2 heterocycles. The lowest BCUT2D eigenvalue weighted by molar-refractivity contribution is 0.0195. The summed E-state index contributed by atoms with van der Waals surface area (Å²) in [6.07, 6.45) is 8.69. The molecular formula is C15H28N2. The van der Waals surface area contributed by atoms with Crippen LogP contribution in [0.1, 0.15) is 52.4 Å². The van der Waals surface area contributed by atoms with Crippen LogP contribution in [0.4, 0.5) is 0 Å². The number of hydrogen-bond donors (Lipinski definition) is 0. The van der Waals surface area contributed by atoms with Crippen LogP contribution in [-0.2, 0) is 0 Å². The van der Waals surface area contributed by atoms with Gasteiger partial charge in [-0.1, -0.05) is 19.8 Å². The highest BCUT2D eigenvalue weighted by Crippen LogP contribution is 2.36. The summed E-state index contributed by atoms with van der Waals surface area (Å²) in [5, 5.41) is 0. The molecule has 2 saturated heterocycles. The Balaban J connectivity index is 1.63. The van der Waals surface area contributed by atoms with Crippen LogP contribution in [-0.4, -0.2) is 47.6 Å². The minimum atomic E-state index is 0.829. The quantitative estimate of drug-likeness (QED) is 0.740. The highest BCUT2D eigenvalue weighted by atomic mass is 15.3. The first kappa shape index (κ1) is 12.0. The van der Waals surface area contributed by atoms with E-state index in [2.05, 4.69) is 23.6 Å². The van der Waals surface area contributed by atoms with Crippen molar-refractivity contribution in [3.8, 4) is 0 Å². The van der Waals surface area contributed by atoms with Crippen molar-refractivity contribution in [1.29, 1.82) is 0 Å². The fraction of sp³-hybridized carbons (Fsp3) is 1.00. The summed E-state index contributed by atoms with van der Waals surface area (Å²) in [4.78, 5) is 5.61. The third-order valence-electron chi connectivity index (χ3n) is 5.24. The van der Waals surface area contributed by atoms with Crippen molar-refractivity contribution >= 4 is 0 Å². The molecule has 0 bridgehead atoms. The maximum absolute atomic E-state index is 2.85. The van der Waals surface area contributed by atoms with Crippen LogP contribution in [0.2, 0.25) is 0 Å². The van der Waals surface area contributed by atoms with Crippen LogP contribution in [0.5, 0.6) is 0 Å². The van der Waals surface area contributed by atoms with E-state index in [1.807, 2.05) is 0 Å². The summed E-state index contributed by atoms with van der Waals surface area (Å²) in [6, 6.07) is 2.55. The van der Waals surface area contributed by atoms with Gasteiger partial charge in [0.05, 0.1) is 0 Å². The third kappa shape index (κ3) is 2.53. The van der Waals surface area contributed by atoms with Gasteiger partial charge < -0.3 is 0 Å². The minimum Gasteiger partial charge on any atom is -0.298 e. The Hall–Kier alpha value is -0.0800. The van der Waals surface area contributed by atoms with Gasteiger partial charge >= 0.3 is 0 Å². The van der Waals surface area contributed by atoms with Crippen molar-refractivity contribution < 1.29 is 0 Å². The number of rotatable bonds is 4. The van der Waals surface area contributed by atoms with Gasteiger partial charge in [-0.15, -0.1) is 0 Å². The van der Waals surface area contributed by atoms with E-state index >= 15 is 0 Å². The summed E-state index contributed by atoms with van der Waals surface area (Å²) in [5.41, 5.74) is 0. The zero-order chi connectivity index (χ0) is 11.8. The molecule has 98 valence electrons. The van der Waals surface area contributed by atoms with Crippen molar-refractivity contribution in [3.63, 3.8) is 0 Å². The summed E-state index contributed by atoms with van der Waals surface area (Å²) in [6.45, 7) is 8.91. The van der Waals surface area contributed by atoms with Crippen molar-refractivity contribution in [2.75, 3.05) is 19.6 Å². The monoisotopic (exact) mass is 236 g/mol. The molecular weight excluding hydrogens is 208 g/mol. The second-order valence-electron chi connectivity index (χ2n) is 6.58. The van der Waals surface area contributed by atoms with E-state index in [9.17, 15) is 0 Å². The Morgan fingerprint density at radius 3 is 2.71 bits per heavy atom. The lowest BCUT2D eigenvalue weighted by atomic mass is 10.00. The molecule has 17 heavy (non-hydrogen) atoms. The second-order valence-corrected chi connectivity index (χ2v) is 6.58. The molecule has 0 amide bonds. The molecule has 3 aliphatic rings. The maximum atomic E-state index is 2.85. The van der Waals surface area contributed by atoms with Crippen molar-refractivity contribution in [2.45, 2.75) is 70.5 Å². The van der Waals surface area contributed by atoms with Gasteiger partial charge in [-0.05, 0) is 45.1 Å². The van der Waals surface area contributed by atoms with Gasteiger partial charge in [0.25, 0.3) is 0 Å². The maximum Gasteiger partial charge on any atom is 0.0224 e. The van der Waals surface area contributed by atoms with E-state index in [0.29, 0.717) is 0 Å². The van der Waals surface area contributed by atoms with E-state index in [1.54, 1.807) is 0 Å². The molecule has 2 nitrogen and oxygen atoms in total. The molecule has 0 aromatic heterocycles. The topological polar surface area (TPSA) is 6.48 Å². The Morgan fingerprint density at radius 2 is 2.00 bits per heavy atom. The fourth-order valence-corrected chi connectivity index (χ4v) is 3.99. The Kier molecular flexibility index (Phi) is 3.45. The van der Waals surface area contributed by atoms with Gasteiger partial charge in [-0.3, -0.25) is 9.80 Å². The highest BCUT2D eigenvalue weighted by Gasteiger charge is 2.38. The van der Waals surface area contributed by atoms with Gasteiger partial charge in [-0.25, -0.2) is 0 Å². The van der Waals surface area contributed by atoms with E-state index in [-0.39, 0.29) is 0 Å². The molecule has 0 radical (unpaired) electrons. The molecule has 3 rings (SSSR count). The largest absolute Gasteiger partial charge is 0.298 e. The molecule has 2 heteroatoms. The number of fused-ring (bicyclic) bond motifs is 1. The van der Waals surface area contributed by atoms with Crippen LogP contribution in [0.15, 0.2) is 0 Å². The molecule has 1 saturated carbocycles. The van der Waals surface area contributed by atoms with Crippen molar-refractivity contribution in [1.82, 2.24) is 9.80 Å². The van der Waals surface area contributed by atoms with Crippen LogP contribution in [0.25, 0.3) is 0 Å². The van der Waals surface area contributed by atoms with Gasteiger partial charge in [0.1, 0.15) is 0 Å².